The van der Waals surface area contributed by atoms with Gasteiger partial charge in [-0.15, -0.1) is 0 Å². The molecule has 0 saturated heterocycles. The lowest BCUT2D eigenvalue weighted by molar-refractivity contribution is -0.120. The van der Waals surface area contributed by atoms with E-state index < -0.39 is 10.0 Å². The molecule has 1 aromatic rings. The van der Waals surface area contributed by atoms with E-state index >= 15 is 0 Å². The van der Waals surface area contributed by atoms with Crippen molar-refractivity contribution >= 4 is 21.6 Å². The third kappa shape index (κ3) is 6.40. The summed E-state index contributed by atoms with van der Waals surface area (Å²) < 4.78 is 27.0. The smallest absolute Gasteiger partial charge is 0.243 e. The summed E-state index contributed by atoms with van der Waals surface area (Å²) in [6.45, 7) is 9.11. The molecule has 0 fully saturated rings. The van der Waals surface area contributed by atoms with E-state index in [2.05, 4.69) is 12.2 Å². The highest BCUT2D eigenvalue weighted by atomic mass is 32.2. The molecule has 1 aromatic carbocycles. The van der Waals surface area contributed by atoms with E-state index in [9.17, 15) is 13.2 Å². The first-order chi connectivity index (χ1) is 12.4. The lowest BCUT2D eigenvalue weighted by atomic mass is 9.98. The molecule has 1 rings (SSSR count). The predicted molar refractivity (Wildman–Crippen MR) is 108 cm³/mol. The molecule has 1 atom stereocenters. The second-order valence-electron chi connectivity index (χ2n) is 6.67. The number of benzene rings is 1. The molecule has 0 spiro atoms. The zero-order chi connectivity index (χ0) is 19.6. The van der Waals surface area contributed by atoms with Crippen LogP contribution >= 0.6 is 0 Å². The molecule has 1 amide bonds. The molecule has 5 nitrogen and oxygen atoms in total. The standard InChI is InChI=1S/C20H34N2O3S/c1-5-9-10-17(8-4)20(23)21-18-11-13-19(14-12-18)26(24,25)22(15-6-2)16-7-3/h11-14,17H,5-10,15-16H2,1-4H3,(H,21,23). The second-order valence-corrected chi connectivity index (χ2v) is 8.60. The van der Waals surface area contributed by atoms with Gasteiger partial charge in [-0.1, -0.05) is 40.5 Å². The number of hydrogen-bond acceptors (Lipinski definition) is 3. The molecule has 0 aromatic heterocycles. The maximum atomic E-state index is 12.8. The third-order valence-corrected chi connectivity index (χ3v) is 6.39. The molecular formula is C20H34N2O3S. The van der Waals surface area contributed by atoms with Gasteiger partial charge in [0.25, 0.3) is 0 Å². The van der Waals surface area contributed by atoms with Crippen LogP contribution in [-0.2, 0) is 14.8 Å². The molecule has 148 valence electrons. The average molecular weight is 383 g/mol. The van der Waals surface area contributed by atoms with Crippen LogP contribution in [0.25, 0.3) is 0 Å². The van der Waals surface area contributed by atoms with Gasteiger partial charge in [0.2, 0.25) is 15.9 Å². The molecule has 26 heavy (non-hydrogen) atoms. The molecule has 0 aliphatic carbocycles. The molecule has 0 saturated carbocycles. The lowest BCUT2D eigenvalue weighted by Crippen LogP contribution is -2.32. The monoisotopic (exact) mass is 382 g/mol. The molecule has 0 radical (unpaired) electrons. The number of amides is 1. The van der Waals surface area contributed by atoms with E-state index in [-0.39, 0.29) is 16.7 Å². The molecular weight excluding hydrogens is 348 g/mol. The van der Waals surface area contributed by atoms with Crippen LogP contribution < -0.4 is 5.32 Å². The number of sulfonamides is 1. The first-order valence-electron chi connectivity index (χ1n) is 9.81. The predicted octanol–water partition coefficient (Wildman–Crippen LogP) is 4.65. The van der Waals surface area contributed by atoms with E-state index in [0.29, 0.717) is 18.8 Å². The minimum Gasteiger partial charge on any atom is -0.326 e. The molecule has 1 unspecified atom stereocenters. The summed E-state index contributed by atoms with van der Waals surface area (Å²) in [4.78, 5) is 12.6. The van der Waals surface area contributed by atoms with Crippen molar-refractivity contribution in [1.29, 1.82) is 0 Å². The molecule has 0 heterocycles. The van der Waals surface area contributed by atoms with Crippen molar-refractivity contribution in [1.82, 2.24) is 4.31 Å². The van der Waals surface area contributed by atoms with Crippen molar-refractivity contribution in [2.75, 3.05) is 18.4 Å². The fraction of sp³-hybridized carbons (Fsp3) is 0.650. The van der Waals surface area contributed by atoms with Crippen LogP contribution in [0.1, 0.15) is 66.2 Å². The third-order valence-electron chi connectivity index (χ3n) is 4.48. The summed E-state index contributed by atoms with van der Waals surface area (Å²) >= 11 is 0. The van der Waals surface area contributed by atoms with Gasteiger partial charge < -0.3 is 5.32 Å². The molecule has 0 bridgehead atoms. The maximum absolute atomic E-state index is 12.8. The summed E-state index contributed by atoms with van der Waals surface area (Å²) in [5, 5.41) is 2.91. The van der Waals surface area contributed by atoms with Gasteiger partial charge in [-0.3, -0.25) is 4.79 Å². The Kier molecular flexibility index (Phi) is 9.88. The van der Waals surface area contributed by atoms with Crippen LogP contribution in [0.2, 0.25) is 0 Å². The van der Waals surface area contributed by atoms with Gasteiger partial charge in [-0.25, -0.2) is 8.42 Å². The number of carbonyl (C=O) groups is 1. The van der Waals surface area contributed by atoms with Crippen LogP contribution in [0.4, 0.5) is 5.69 Å². The number of rotatable bonds is 12. The SMILES string of the molecule is CCCCC(CC)C(=O)Nc1ccc(S(=O)(=O)N(CCC)CCC)cc1. The number of anilines is 1. The molecule has 1 N–H and O–H groups in total. The topological polar surface area (TPSA) is 66.5 Å². The number of unbranched alkanes of at least 4 members (excludes halogenated alkanes) is 1. The minimum absolute atomic E-state index is 0.00274. The normalized spacial score (nSPS) is 13.0. The van der Waals surface area contributed by atoms with Crippen molar-refractivity contribution in [3.05, 3.63) is 24.3 Å². The highest BCUT2D eigenvalue weighted by Gasteiger charge is 2.23. The largest absolute Gasteiger partial charge is 0.326 e. The Morgan fingerprint density at radius 1 is 1.00 bits per heavy atom. The van der Waals surface area contributed by atoms with Gasteiger partial charge >= 0.3 is 0 Å². The van der Waals surface area contributed by atoms with Gasteiger partial charge in [0.1, 0.15) is 0 Å². The number of nitrogens with zero attached hydrogens (tertiary/aromatic N) is 1. The number of hydrogen-bond donors (Lipinski definition) is 1. The van der Waals surface area contributed by atoms with Crippen molar-refractivity contribution in [3.63, 3.8) is 0 Å². The Balaban J connectivity index is 2.85. The Hall–Kier alpha value is -1.40. The Morgan fingerprint density at radius 2 is 1.58 bits per heavy atom. The molecule has 0 aliphatic heterocycles. The van der Waals surface area contributed by atoms with Crippen molar-refractivity contribution in [2.24, 2.45) is 5.92 Å². The highest BCUT2D eigenvalue weighted by Crippen LogP contribution is 2.21. The zero-order valence-corrected chi connectivity index (χ0v) is 17.4. The average Bonchev–Trinajstić information content (AvgIpc) is 2.62. The van der Waals surface area contributed by atoms with Gasteiger partial charge in [0, 0.05) is 24.7 Å². The number of nitrogens with one attached hydrogen (secondary N) is 1. The van der Waals surface area contributed by atoms with E-state index in [4.69, 9.17) is 0 Å². The van der Waals surface area contributed by atoms with E-state index in [1.807, 2.05) is 20.8 Å². The van der Waals surface area contributed by atoms with Gasteiger partial charge in [-0.05, 0) is 49.9 Å². The van der Waals surface area contributed by atoms with E-state index in [0.717, 1.165) is 38.5 Å². The highest BCUT2D eigenvalue weighted by molar-refractivity contribution is 7.89. The van der Waals surface area contributed by atoms with Crippen LogP contribution in [0.5, 0.6) is 0 Å². The quantitative estimate of drug-likeness (QED) is 0.572. The van der Waals surface area contributed by atoms with Crippen LogP contribution in [0, 0.1) is 5.92 Å². The van der Waals surface area contributed by atoms with E-state index in [1.165, 1.54) is 4.31 Å². The van der Waals surface area contributed by atoms with E-state index in [1.54, 1.807) is 24.3 Å². The lowest BCUT2D eigenvalue weighted by Gasteiger charge is -2.21. The summed E-state index contributed by atoms with van der Waals surface area (Å²) in [5.41, 5.74) is 0.640. The summed E-state index contributed by atoms with van der Waals surface area (Å²) in [6, 6.07) is 6.51. The second kappa shape index (κ2) is 11.3. The first kappa shape index (κ1) is 22.6. The summed E-state index contributed by atoms with van der Waals surface area (Å²) in [5.74, 6) is 0.0121. The van der Waals surface area contributed by atoms with Crippen molar-refractivity contribution in [3.8, 4) is 0 Å². The Bertz CT molecular complexity index is 636. The van der Waals surface area contributed by atoms with Crippen molar-refractivity contribution in [2.45, 2.75) is 71.1 Å². The number of carbonyl (C=O) groups excluding carboxylic acids is 1. The minimum atomic E-state index is -3.48. The zero-order valence-electron chi connectivity index (χ0n) is 16.6. The van der Waals surface area contributed by atoms with Crippen molar-refractivity contribution < 1.29 is 13.2 Å². The first-order valence-corrected chi connectivity index (χ1v) is 11.3. The van der Waals surface area contributed by atoms with Crippen LogP contribution in [-0.4, -0.2) is 31.7 Å². The van der Waals surface area contributed by atoms with Gasteiger partial charge in [0.05, 0.1) is 4.90 Å². The van der Waals surface area contributed by atoms with Gasteiger partial charge in [0.15, 0.2) is 0 Å². The van der Waals surface area contributed by atoms with Gasteiger partial charge in [-0.2, -0.15) is 4.31 Å². The fourth-order valence-corrected chi connectivity index (χ4v) is 4.55. The van der Waals surface area contributed by atoms with Crippen LogP contribution in [0.15, 0.2) is 29.2 Å². The Morgan fingerprint density at radius 3 is 2.04 bits per heavy atom. The maximum Gasteiger partial charge on any atom is 0.243 e. The fourth-order valence-electron chi connectivity index (χ4n) is 2.93. The molecule has 0 aliphatic rings. The summed E-state index contributed by atoms with van der Waals surface area (Å²) in [7, 11) is -3.48. The Labute approximate surface area is 159 Å². The van der Waals surface area contributed by atoms with Crippen LogP contribution in [0.3, 0.4) is 0 Å². The molecule has 6 heteroatoms. The summed E-state index contributed by atoms with van der Waals surface area (Å²) in [6.07, 6.45) is 5.36.